The zero-order chi connectivity index (χ0) is 10.5. The lowest BCUT2D eigenvalue weighted by Crippen LogP contribution is -2.25. The number of allylic oxidation sites excluding steroid dienone is 3. The Morgan fingerprint density at radius 2 is 1.62 bits per heavy atom. The molecule has 1 aliphatic heterocycles. The smallest absolute Gasteiger partial charge is 0.00999 e. The zero-order valence-electron chi connectivity index (χ0n) is 8.99. The molecule has 80 valence electrons. The fourth-order valence-corrected chi connectivity index (χ4v) is 5.38. The lowest BCUT2D eigenvalue weighted by molar-refractivity contribution is 0.528. The van der Waals surface area contributed by atoms with Crippen molar-refractivity contribution in [1.82, 2.24) is 0 Å². The SMILES string of the molecule is C1=CC2=C(C=I1)C1CCC2c2ccccc21. The van der Waals surface area contributed by atoms with E-state index < -0.39 is 0 Å². The summed E-state index contributed by atoms with van der Waals surface area (Å²) in [6, 6.07) is 9.09. The topological polar surface area (TPSA) is 0 Å². The van der Waals surface area contributed by atoms with Crippen molar-refractivity contribution in [1.29, 1.82) is 0 Å². The number of hydrogen-bond donors (Lipinski definition) is 0. The number of fused-ring (bicyclic) bond motifs is 1. The molecule has 0 N–H and O–H groups in total. The Bertz CT molecular complexity index is 499. The summed E-state index contributed by atoms with van der Waals surface area (Å²) in [7, 11) is 0. The highest BCUT2D eigenvalue weighted by Crippen LogP contribution is 2.53. The van der Waals surface area contributed by atoms with Crippen LogP contribution in [0.5, 0.6) is 0 Å². The molecule has 4 aliphatic rings. The molecule has 0 aromatic heterocycles. The van der Waals surface area contributed by atoms with Crippen LogP contribution in [0.1, 0.15) is 35.8 Å². The first kappa shape index (κ1) is 9.34. The molecule has 1 aromatic carbocycles. The monoisotopic (exact) mass is 320 g/mol. The van der Waals surface area contributed by atoms with Gasteiger partial charge in [-0.3, -0.25) is 0 Å². The molecule has 1 heterocycles. The van der Waals surface area contributed by atoms with Crippen LogP contribution in [0.3, 0.4) is 0 Å². The second-order valence-corrected chi connectivity index (χ2v) is 6.81. The molecule has 0 nitrogen and oxygen atoms in total. The van der Waals surface area contributed by atoms with E-state index in [-0.39, 0.29) is 20.7 Å². The maximum Gasteiger partial charge on any atom is 0.00999 e. The molecular formula is C15H13I. The number of rotatable bonds is 0. The van der Waals surface area contributed by atoms with Gasteiger partial charge in [0.05, 0.1) is 0 Å². The number of hydrogen-bond acceptors (Lipinski definition) is 0. The first-order chi connectivity index (χ1) is 7.95. The third-order valence-electron chi connectivity index (χ3n) is 4.07. The van der Waals surface area contributed by atoms with Crippen molar-refractivity contribution in [3.63, 3.8) is 0 Å². The van der Waals surface area contributed by atoms with E-state index in [9.17, 15) is 0 Å². The van der Waals surface area contributed by atoms with Crippen molar-refractivity contribution < 1.29 is 0 Å². The van der Waals surface area contributed by atoms with Gasteiger partial charge in [0.1, 0.15) is 0 Å². The quantitative estimate of drug-likeness (QED) is 0.627. The molecule has 0 radical (unpaired) electrons. The van der Waals surface area contributed by atoms with Gasteiger partial charge < -0.3 is 0 Å². The molecular weight excluding hydrogens is 307 g/mol. The van der Waals surface area contributed by atoms with Crippen LogP contribution in [0.2, 0.25) is 0 Å². The lowest BCUT2D eigenvalue weighted by Gasteiger charge is -2.41. The summed E-state index contributed by atoms with van der Waals surface area (Å²) < 4.78 is 4.97. The Morgan fingerprint density at radius 3 is 2.38 bits per heavy atom. The van der Waals surface area contributed by atoms with E-state index >= 15 is 0 Å². The van der Waals surface area contributed by atoms with Gasteiger partial charge >= 0.3 is 0 Å². The number of benzene rings is 1. The Kier molecular flexibility index (Phi) is 1.98. The van der Waals surface area contributed by atoms with E-state index in [2.05, 4.69) is 38.4 Å². The van der Waals surface area contributed by atoms with Gasteiger partial charge in [-0.1, -0.05) is 51.1 Å². The Labute approximate surface area is 106 Å². The van der Waals surface area contributed by atoms with Gasteiger partial charge in [-0.25, -0.2) is 0 Å². The van der Waals surface area contributed by atoms with E-state index in [0.717, 1.165) is 5.92 Å². The van der Waals surface area contributed by atoms with Crippen LogP contribution in [-0.4, -0.2) is 4.01 Å². The van der Waals surface area contributed by atoms with Crippen LogP contribution in [0.25, 0.3) is 0 Å². The van der Waals surface area contributed by atoms with Crippen LogP contribution in [-0.2, 0) is 0 Å². The van der Waals surface area contributed by atoms with Gasteiger partial charge in [0.2, 0.25) is 0 Å². The minimum absolute atomic E-state index is 0.202. The maximum absolute atomic E-state index is 2.56. The fraction of sp³-hybridized carbons (Fsp3) is 0.267. The average Bonchev–Trinajstić information content (AvgIpc) is 2.40. The molecule has 0 amide bonds. The molecule has 2 unspecified atom stereocenters. The van der Waals surface area contributed by atoms with Crippen LogP contribution in [0, 0.1) is 0 Å². The summed E-state index contributed by atoms with van der Waals surface area (Å²) in [6.45, 7) is 0. The highest BCUT2D eigenvalue weighted by Gasteiger charge is 2.37. The second kappa shape index (κ2) is 3.39. The van der Waals surface area contributed by atoms with E-state index in [0.29, 0.717) is 5.92 Å². The largest absolute Gasteiger partial charge is 0.0934 e. The van der Waals surface area contributed by atoms with Gasteiger partial charge in [0, 0.05) is 11.8 Å². The predicted molar refractivity (Wildman–Crippen MR) is 77.4 cm³/mol. The van der Waals surface area contributed by atoms with Gasteiger partial charge in [-0.2, -0.15) is 0 Å². The summed E-state index contributed by atoms with van der Waals surface area (Å²) >= 11 is 0.202. The molecule has 0 spiro atoms. The lowest BCUT2D eigenvalue weighted by atomic mass is 9.64. The van der Waals surface area contributed by atoms with E-state index in [1.165, 1.54) is 12.8 Å². The van der Waals surface area contributed by atoms with E-state index in [1.807, 2.05) is 0 Å². The molecule has 2 bridgehead atoms. The van der Waals surface area contributed by atoms with E-state index in [1.54, 1.807) is 22.3 Å². The third-order valence-corrected chi connectivity index (χ3v) is 5.88. The molecule has 0 saturated heterocycles. The number of halogens is 1. The second-order valence-electron chi connectivity index (χ2n) is 4.75. The van der Waals surface area contributed by atoms with Crippen molar-refractivity contribution >= 4 is 24.7 Å². The summed E-state index contributed by atoms with van der Waals surface area (Å²) in [5.41, 5.74) is 6.55. The summed E-state index contributed by atoms with van der Waals surface area (Å²) in [5, 5.41) is 0. The zero-order valence-corrected chi connectivity index (χ0v) is 11.1. The summed E-state index contributed by atoms with van der Waals surface area (Å²) in [6.07, 6.45) is 5.15. The Balaban J connectivity index is 2.00. The van der Waals surface area contributed by atoms with Crippen LogP contribution < -0.4 is 0 Å². The Morgan fingerprint density at radius 1 is 0.938 bits per heavy atom. The predicted octanol–water partition coefficient (Wildman–Crippen LogP) is 4.26. The first-order valence-corrected chi connectivity index (χ1v) is 8.39. The normalized spacial score (nSPS) is 29.8. The van der Waals surface area contributed by atoms with Gasteiger partial charge in [-0.15, -0.1) is 0 Å². The van der Waals surface area contributed by atoms with Crippen molar-refractivity contribution in [2.45, 2.75) is 24.7 Å². The average molecular weight is 320 g/mol. The fourth-order valence-electron chi connectivity index (χ4n) is 3.40. The molecule has 0 fully saturated rings. The minimum atomic E-state index is 0.202. The molecule has 3 aliphatic carbocycles. The highest BCUT2D eigenvalue weighted by atomic mass is 127. The van der Waals surface area contributed by atoms with Gasteiger partial charge in [0.15, 0.2) is 0 Å². The highest BCUT2D eigenvalue weighted by molar-refractivity contribution is 14.2. The summed E-state index contributed by atoms with van der Waals surface area (Å²) in [4.78, 5) is 0. The molecule has 0 saturated carbocycles. The van der Waals surface area contributed by atoms with Crippen molar-refractivity contribution in [2.24, 2.45) is 0 Å². The molecule has 5 rings (SSSR count). The third kappa shape index (κ3) is 1.12. The minimum Gasteiger partial charge on any atom is -0.0934 e. The summed E-state index contributed by atoms with van der Waals surface area (Å²) in [5.74, 6) is 1.42. The van der Waals surface area contributed by atoms with Gasteiger partial charge in [0.25, 0.3) is 0 Å². The van der Waals surface area contributed by atoms with Crippen molar-refractivity contribution in [2.75, 3.05) is 0 Å². The van der Waals surface area contributed by atoms with E-state index in [4.69, 9.17) is 0 Å². The van der Waals surface area contributed by atoms with Crippen LogP contribution in [0.15, 0.2) is 45.6 Å². The molecule has 16 heavy (non-hydrogen) atoms. The van der Waals surface area contributed by atoms with Crippen molar-refractivity contribution in [3.05, 3.63) is 56.7 Å². The molecule has 1 aromatic rings. The Hall–Kier alpha value is -0.700. The molecule has 2 atom stereocenters. The molecule has 1 heteroatoms. The van der Waals surface area contributed by atoms with Gasteiger partial charge in [-0.05, 0) is 43.2 Å². The van der Waals surface area contributed by atoms with Crippen LogP contribution >= 0.6 is 20.7 Å². The maximum atomic E-state index is 2.56. The standard InChI is InChI=1S/C15H13I/c1-2-4-11-10(3-1)12-5-6-13(11)15-9-16-8-7-14(12)15/h1-4,7-9,12-13H,5-6H2. The van der Waals surface area contributed by atoms with Crippen molar-refractivity contribution in [3.8, 4) is 0 Å². The van der Waals surface area contributed by atoms with Crippen LogP contribution in [0.4, 0.5) is 0 Å². The first-order valence-electron chi connectivity index (χ1n) is 5.90.